The van der Waals surface area contributed by atoms with Crippen LogP contribution in [0, 0.1) is 0 Å². The molecule has 5 nitrogen and oxygen atoms in total. The summed E-state index contributed by atoms with van der Waals surface area (Å²) in [5.41, 5.74) is 1.23. The Hall–Kier alpha value is -1.88. The molecule has 0 aromatic heterocycles. The van der Waals surface area contributed by atoms with Gasteiger partial charge in [-0.1, -0.05) is 43.2 Å². The molecular formula is C20H29N3O2. The number of nitrogens with zero attached hydrogens (tertiary/aromatic N) is 2. The summed E-state index contributed by atoms with van der Waals surface area (Å²) in [6, 6.07) is 10.4. The lowest BCUT2D eigenvalue weighted by Crippen LogP contribution is -2.59. The van der Waals surface area contributed by atoms with Crippen LogP contribution in [-0.2, 0) is 16.0 Å². The SMILES string of the molecule is CN(CCc1ccccc1)C(=O)C[C@@H]1C(=O)NCCN1C1CCCC1. The first-order valence-electron chi connectivity index (χ1n) is 9.46. The van der Waals surface area contributed by atoms with E-state index in [1.54, 1.807) is 4.90 Å². The number of nitrogens with one attached hydrogen (secondary N) is 1. The van der Waals surface area contributed by atoms with Crippen LogP contribution in [0.15, 0.2) is 30.3 Å². The highest BCUT2D eigenvalue weighted by molar-refractivity contribution is 5.88. The van der Waals surface area contributed by atoms with Gasteiger partial charge in [-0.3, -0.25) is 14.5 Å². The lowest BCUT2D eigenvalue weighted by molar-refractivity contribution is -0.139. The van der Waals surface area contributed by atoms with Crippen molar-refractivity contribution in [2.45, 2.75) is 50.6 Å². The first kappa shape index (κ1) is 17.9. The molecule has 0 bridgehead atoms. The quantitative estimate of drug-likeness (QED) is 0.857. The Bertz CT molecular complexity index is 584. The molecule has 1 aliphatic heterocycles. The Balaban J connectivity index is 1.56. The van der Waals surface area contributed by atoms with Crippen LogP contribution in [0.25, 0.3) is 0 Å². The molecule has 1 atom stereocenters. The average Bonchev–Trinajstić information content (AvgIpc) is 3.16. The summed E-state index contributed by atoms with van der Waals surface area (Å²) < 4.78 is 0. The number of likely N-dealkylation sites (N-methyl/N-ethyl adjacent to an activating group) is 1. The van der Waals surface area contributed by atoms with E-state index >= 15 is 0 Å². The third-order valence-corrected chi connectivity index (χ3v) is 5.54. The predicted molar refractivity (Wildman–Crippen MR) is 98.2 cm³/mol. The van der Waals surface area contributed by atoms with Crippen molar-refractivity contribution in [3.05, 3.63) is 35.9 Å². The molecule has 0 radical (unpaired) electrons. The van der Waals surface area contributed by atoms with Crippen molar-refractivity contribution in [3.63, 3.8) is 0 Å². The third-order valence-electron chi connectivity index (χ3n) is 5.54. The molecule has 136 valence electrons. The zero-order valence-electron chi connectivity index (χ0n) is 15.1. The van der Waals surface area contributed by atoms with Crippen LogP contribution in [0.5, 0.6) is 0 Å². The summed E-state index contributed by atoms with van der Waals surface area (Å²) in [6.45, 7) is 2.24. The van der Waals surface area contributed by atoms with E-state index in [1.165, 1.54) is 18.4 Å². The summed E-state index contributed by atoms with van der Waals surface area (Å²) in [4.78, 5) is 29.1. The first-order chi connectivity index (χ1) is 12.1. The van der Waals surface area contributed by atoms with E-state index in [0.717, 1.165) is 25.8 Å². The van der Waals surface area contributed by atoms with E-state index in [0.29, 0.717) is 19.1 Å². The molecule has 2 fully saturated rings. The van der Waals surface area contributed by atoms with Gasteiger partial charge in [0, 0.05) is 32.7 Å². The van der Waals surface area contributed by atoms with Crippen LogP contribution in [0.3, 0.4) is 0 Å². The van der Waals surface area contributed by atoms with Gasteiger partial charge >= 0.3 is 0 Å². The van der Waals surface area contributed by atoms with E-state index in [-0.39, 0.29) is 24.3 Å². The van der Waals surface area contributed by atoms with Crippen molar-refractivity contribution >= 4 is 11.8 Å². The molecule has 1 aromatic carbocycles. The minimum Gasteiger partial charge on any atom is -0.353 e. The van der Waals surface area contributed by atoms with Crippen molar-refractivity contribution in [2.75, 3.05) is 26.7 Å². The van der Waals surface area contributed by atoms with Crippen molar-refractivity contribution in [3.8, 4) is 0 Å². The average molecular weight is 343 g/mol. The van der Waals surface area contributed by atoms with Gasteiger partial charge in [0.05, 0.1) is 12.5 Å². The summed E-state index contributed by atoms with van der Waals surface area (Å²) in [6.07, 6.45) is 5.91. The van der Waals surface area contributed by atoms with Crippen LogP contribution >= 0.6 is 0 Å². The van der Waals surface area contributed by atoms with Gasteiger partial charge in [-0.15, -0.1) is 0 Å². The highest BCUT2D eigenvalue weighted by Gasteiger charge is 2.37. The van der Waals surface area contributed by atoms with Crippen molar-refractivity contribution < 1.29 is 9.59 Å². The van der Waals surface area contributed by atoms with E-state index in [2.05, 4.69) is 22.3 Å². The number of piperazine rings is 1. The van der Waals surface area contributed by atoms with Gasteiger partial charge in [-0.05, 0) is 24.8 Å². The molecule has 1 heterocycles. The standard InChI is InChI=1S/C20H29N3O2/c1-22(13-11-16-7-3-2-4-8-16)19(24)15-18-20(25)21-12-14-23(18)17-9-5-6-10-17/h2-4,7-8,17-18H,5-6,9-15H2,1H3,(H,21,25)/t18-/m1/s1. The summed E-state index contributed by atoms with van der Waals surface area (Å²) in [5.74, 6) is 0.0731. The minimum atomic E-state index is -0.302. The number of carbonyl (C=O) groups excluding carboxylic acids is 2. The Labute approximate surface area is 150 Å². The highest BCUT2D eigenvalue weighted by atomic mass is 16.2. The fraction of sp³-hybridized carbons (Fsp3) is 0.600. The van der Waals surface area contributed by atoms with E-state index < -0.39 is 0 Å². The molecule has 1 aromatic rings. The van der Waals surface area contributed by atoms with Crippen LogP contribution < -0.4 is 5.32 Å². The van der Waals surface area contributed by atoms with Gasteiger partial charge in [0.15, 0.2) is 0 Å². The molecule has 2 aliphatic rings. The number of amides is 2. The van der Waals surface area contributed by atoms with Crippen LogP contribution in [0.2, 0.25) is 0 Å². The number of rotatable bonds is 6. The van der Waals surface area contributed by atoms with Gasteiger partial charge in [-0.2, -0.15) is 0 Å². The Morgan fingerprint density at radius 1 is 1.24 bits per heavy atom. The molecule has 1 saturated carbocycles. The second-order valence-electron chi connectivity index (χ2n) is 7.24. The molecular weight excluding hydrogens is 314 g/mol. The molecule has 1 aliphatic carbocycles. The van der Waals surface area contributed by atoms with Crippen LogP contribution in [0.4, 0.5) is 0 Å². The van der Waals surface area contributed by atoms with Crippen LogP contribution in [-0.4, -0.2) is 60.4 Å². The predicted octanol–water partition coefficient (Wildman–Crippen LogP) is 1.82. The maximum Gasteiger partial charge on any atom is 0.237 e. The second-order valence-corrected chi connectivity index (χ2v) is 7.24. The van der Waals surface area contributed by atoms with Gasteiger partial charge in [-0.25, -0.2) is 0 Å². The molecule has 2 amide bonds. The first-order valence-corrected chi connectivity index (χ1v) is 9.46. The third kappa shape index (κ3) is 4.60. The number of benzene rings is 1. The number of carbonyl (C=O) groups is 2. The molecule has 3 rings (SSSR count). The van der Waals surface area contributed by atoms with Gasteiger partial charge < -0.3 is 10.2 Å². The molecule has 1 saturated heterocycles. The van der Waals surface area contributed by atoms with Gasteiger partial charge in [0.2, 0.25) is 11.8 Å². The van der Waals surface area contributed by atoms with E-state index in [1.807, 2.05) is 25.2 Å². The van der Waals surface area contributed by atoms with Crippen molar-refractivity contribution in [2.24, 2.45) is 0 Å². The Morgan fingerprint density at radius 2 is 1.96 bits per heavy atom. The zero-order chi connectivity index (χ0) is 17.6. The molecule has 0 spiro atoms. The lowest BCUT2D eigenvalue weighted by atomic mass is 10.0. The summed E-state index contributed by atoms with van der Waals surface area (Å²) >= 11 is 0. The zero-order valence-corrected chi connectivity index (χ0v) is 15.1. The molecule has 1 N–H and O–H groups in total. The number of hydrogen-bond acceptors (Lipinski definition) is 3. The monoisotopic (exact) mass is 343 g/mol. The van der Waals surface area contributed by atoms with Gasteiger partial charge in [0.1, 0.15) is 0 Å². The molecule has 25 heavy (non-hydrogen) atoms. The largest absolute Gasteiger partial charge is 0.353 e. The topological polar surface area (TPSA) is 52.7 Å². The maximum absolute atomic E-state index is 12.7. The fourth-order valence-electron chi connectivity index (χ4n) is 4.00. The summed E-state index contributed by atoms with van der Waals surface area (Å²) in [7, 11) is 1.84. The maximum atomic E-state index is 12.7. The van der Waals surface area contributed by atoms with Gasteiger partial charge in [0.25, 0.3) is 0 Å². The van der Waals surface area contributed by atoms with E-state index in [9.17, 15) is 9.59 Å². The number of hydrogen-bond donors (Lipinski definition) is 1. The van der Waals surface area contributed by atoms with Crippen molar-refractivity contribution in [1.82, 2.24) is 15.1 Å². The normalized spacial score (nSPS) is 22.0. The van der Waals surface area contributed by atoms with Crippen LogP contribution in [0.1, 0.15) is 37.7 Å². The smallest absolute Gasteiger partial charge is 0.237 e. The lowest BCUT2D eigenvalue weighted by Gasteiger charge is -2.39. The van der Waals surface area contributed by atoms with E-state index in [4.69, 9.17) is 0 Å². The molecule has 0 unspecified atom stereocenters. The Kier molecular flexibility index (Phi) is 6.08. The minimum absolute atomic E-state index is 0.0166. The second kappa shape index (κ2) is 8.48. The summed E-state index contributed by atoms with van der Waals surface area (Å²) in [5, 5.41) is 2.94. The Morgan fingerprint density at radius 3 is 2.68 bits per heavy atom. The fourth-order valence-corrected chi connectivity index (χ4v) is 4.00. The van der Waals surface area contributed by atoms with Crippen molar-refractivity contribution in [1.29, 1.82) is 0 Å². The molecule has 5 heteroatoms. The highest BCUT2D eigenvalue weighted by Crippen LogP contribution is 2.27.